The van der Waals surface area contributed by atoms with Crippen molar-refractivity contribution in [3.8, 4) is 22.6 Å². The Balaban J connectivity index is 1.47. The van der Waals surface area contributed by atoms with E-state index in [2.05, 4.69) is 10.0 Å². The van der Waals surface area contributed by atoms with Crippen LogP contribution in [0.3, 0.4) is 0 Å². The number of aliphatic hydroxyl groups is 1. The number of sulfonamides is 1. The number of hydrogen-bond acceptors (Lipinski definition) is 8. The molecule has 0 aliphatic rings. The van der Waals surface area contributed by atoms with Crippen LogP contribution in [0.5, 0.6) is 11.5 Å². The predicted octanol–water partition coefficient (Wildman–Crippen LogP) is 2.92. The van der Waals surface area contributed by atoms with Gasteiger partial charge in [0.1, 0.15) is 18.1 Å². The van der Waals surface area contributed by atoms with Crippen LogP contribution in [-0.4, -0.2) is 57.7 Å². The highest BCUT2D eigenvalue weighted by molar-refractivity contribution is 7.92. The van der Waals surface area contributed by atoms with Gasteiger partial charge in [-0.05, 0) is 53.1 Å². The Morgan fingerprint density at radius 3 is 2.46 bits per heavy atom. The van der Waals surface area contributed by atoms with E-state index in [1.165, 1.54) is 25.3 Å². The van der Waals surface area contributed by atoms with Crippen LogP contribution in [0.4, 0.5) is 5.69 Å². The SMILES string of the molecule is COC(=O)c1cccc(-c2ccc(OCCNCC(O)c3ccc(O)c(NS(C)(=O)=O)c3)cc2)c1. The van der Waals surface area contributed by atoms with E-state index >= 15 is 0 Å². The van der Waals surface area contributed by atoms with Crippen LogP contribution in [0.2, 0.25) is 0 Å². The lowest BCUT2D eigenvalue weighted by Crippen LogP contribution is -2.26. The van der Waals surface area contributed by atoms with Gasteiger partial charge in [0, 0.05) is 13.1 Å². The molecule has 0 aliphatic heterocycles. The molecule has 4 N–H and O–H groups in total. The molecule has 0 fully saturated rings. The van der Waals surface area contributed by atoms with Gasteiger partial charge in [0.2, 0.25) is 10.0 Å². The maximum absolute atomic E-state index is 11.7. The number of phenolic OH excluding ortho intramolecular Hbond substituents is 1. The van der Waals surface area contributed by atoms with E-state index in [-0.39, 0.29) is 24.0 Å². The third-order valence-electron chi connectivity index (χ3n) is 5.06. The van der Waals surface area contributed by atoms with Crippen molar-refractivity contribution >= 4 is 21.7 Å². The summed E-state index contributed by atoms with van der Waals surface area (Å²) in [6, 6.07) is 18.9. The van der Waals surface area contributed by atoms with E-state index in [9.17, 15) is 23.4 Å². The van der Waals surface area contributed by atoms with Crippen molar-refractivity contribution in [3.63, 3.8) is 0 Å². The second-order valence-corrected chi connectivity index (χ2v) is 9.56. The van der Waals surface area contributed by atoms with Crippen molar-refractivity contribution in [2.45, 2.75) is 6.10 Å². The molecule has 0 saturated carbocycles. The average Bonchev–Trinajstić information content (AvgIpc) is 2.84. The van der Waals surface area contributed by atoms with Crippen molar-refractivity contribution in [2.24, 2.45) is 0 Å². The molecule has 35 heavy (non-hydrogen) atoms. The molecule has 0 saturated heterocycles. The summed E-state index contributed by atoms with van der Waals surface area (Å²) in [6.07, 6.45) is 0.0727. The number of rotatable bonds is 11. The van der Waals surface area contributed by atoms with Crippen LogP contribution in [0.25, 0.3) is 11.1 Å². The van der Waals surface area contributed by atoms with Gasteiger partial charge in [0.25, 0.3) is 0 Å². The number of carbonyl (C=O) groups excluding carboxylic acids is 1. The molecule has 1 atom stereocenters. The summed E-state index contributed by atoms with van der Waals surface area (Å²) in [5.41, 5.74) is 2.76. The Morgan fingerprint density at radius 2 is 1.77 bits per heavy atom. The summed E-state index contributed by atoms with van der Waals surface area (Å²) in [5, 5.41) is 23.2. The number of methoxy groups -OCH3 is 1. The summed E-state index contributed by atoms with van der Waals surface area (Å²) in [6.45, 7) is 1.04. The average molecular weight is 501 g/mol. The Hall–Kier alpha value is -3.60. The van der Waals surface area contributed by atoms with Gasteiger partial charge in [-0.1, -0.05) is 30.3 Å². The van der Waals surface area contributed by atoms with Gasteiger partial charge in [0.05, 0.1) is 30.7 Å². The standard InChI is InChI=1S/C25H28N2O7S/c1-33-25(30)20-5-3-4-18(14-20)17-6-9-21(10-7-17)34-13-12-26-16-24(29)19-8-11-23(28)22(15-19)27-35(2,31)32/h3-11,14-15,24,26-29H,12-13,16H2,1-2H3. The van der Waals surface area contributed by atoms with Gasteiger partial charge >= 0.3 is 5.97 Å². The third-order valence-corrected chi connectivity index (χ3v) is 5.65. The highest BCUT2D eigenvalue weighted by Crippen LogP contribution is 2.28. The first-order chi connectivity index (χ1) is 16.7. The van der Waals surface area contributed by atoms with Gasteiger partial charge in [0.15, 0.2) is 0 Å². The second kappa shape index (κ2) is 11.7. The first-order valence-electron chi connectivity index (χ1n) is 10.8. The van der Waals surface area contributed by atoms with E-state index in [1.54, 1.807) is 18.2 Å². The lowest BCUT2D eigenvalue weighted by Gasteiger charge is -2.15. The Labute approximate surface area is 204 Å². The Kier molecular flexibility index (Phi) is 8.69. The fourth-order valence-corrected chi connectivity index (χ4v) is 3.89. The minimum atomic E-state index is -3.56. The maximum Gasteiger partial charge on any atom is 0.337 e. The fourth-order valence-electron chi connectivity index (χ4n) is 3.33. The van der Waals surface area contributed by atoms with Crippen molar-refractivity contribution < 1.29 is 32.9 Å². The van der Waals surface area contributed by atoms with E-state index in [0.29, 0.717) is 30.0 Å². The molecule has 3 aromatic rings. The molecule has 0 aromatic heterocycles. The number of aromatic hydroxyl groups is 1. The number of benzene rings is 3. The zero-order chi connectivity index (χ0) is 25.4. The molecule has 0 spiro atoms. The van der Waals surface area contributed by atoms with E-state index < -0.39 is 16.1 Å². The minimum absolute atomic E-state index is 0.00727. The first kappa shape index (κ1) is 26.0. The molecule has 3 rings (SSSR count). The molecule has 1 unspecified atom stereocenters. The fraction of sp³-hybridized carbons (Fsp3) is 0.240. The van der Waals surface area contributed by atoms with Crippen LogP contribution in [0.1, 0.15) is 22.0 Å². The molecular weight excluding hydrogens is 472 g/mol. The lowest BCUT2D eigenvalue weighted by atomic mass is 10.0. The predicted molar refractivity (Wildman–Crippen MR) is 133 cm³/mol. The zero-order valence-corrected chi connectivity index (χ0v) is 20.2. The minimum Gasteiger partial charge on any atom is -0.506 e. The largest absolute Gasteiger partial charge is 0.506 e. The Bertz CT molecular complexity index is 1260. The maximum atomic E-state index is 11.7. The van der Waals surface area contributed by atoms with Crippen molar-refractivity contribution in [3.05, 3.63) is 77.9 Å². The zero-order valence-electron chi connectivity index (χ0n) is 19.4. The molecular formula is C25H28N2O7S. The number of nitrogens with one attached hydrogen (secondary N) is 2. The molecule has 9 nitrogen and oxygen atoms in total. The van der Waals surface area contributed by atoms with Crippen LogP contribution >= 0.6 is 0 Å². The molecule has 0 heterocycles. The van der Waals surface area contributed by atoms with E-state index in [1.807, 2.05) is 30.3 Å². The van der Waals surface area contributed by atoms with Gasteiger partial charge in [-0.25, -0.2) is 13.2 Å². The number of anilines is 1. The number of ether oxygens (including phenoxy) is 2. The number of hydrogen-bond donors (Lipinski definition) is 4. The Morgan fingerprint density at radius 1 is 1.03 bits per heavy atom. The molecule has 0 bridgehead atoms. The van der Waals surface area contributed by atoms with E-state index in [0.717, 1.165) is 17.4 Å². The third kappa shape index (κ3) is 7.71. The normalized spacial score (nSPS) is 12.1. The number of aliphatic hydroxyl groups excluding tert-OH is 1. The van der Waals surface area contributed by atoms with Crippen LogP contribution < -0.4 is 14.8 Å². The summed E-state index contributed by atoms with van der Waals surface area (Å²) >= 11 is 0. The van der Waals surface area contributed by atoms with Crippen LogP contribution in [0, 0.1) is 0 Å². The number of esters is 1. The van der Waals surface area contributed by atoms with Crippen molar-refractivity contribution in [2.75, 3.05) is 37.8 Å². The van der Waals surface area contributed by atoms with E-state index in [4.69, 9.17) is 9.47 Å². The highest BCUT2D eigenvalue weighted by Gasteiger charge is 2.13. The smallest absolute Gasteiger partial charge is 0.337 e. The van der Waals surface area contributed by atoms with Crippen molar-refractivity contribution in [1.29, 1.82) is 0 Å². The van der Waals surface area contributed by atoms with Crippen LogP contribution in [0.15, 0.2) is 66.7 Å². The monoisotopic (exact) mass is 500 g/mol. The van der Waals surface area contributed by atoms with Gasteiger partial charge in [-0.2, -0.15) is 0 Å². The second-order valence-electron chi connectivity index (χ2n) is 7.82. The highest BCUT2D eigenvalue weighted by atomic mass is 32.2. The molecule has 186 valence electrons. The van der Waals surface area contributed by atoms with Gasteiger partial charge < -0.3 is 25.0 Å². The number of phenols is 1. The summed E-state index contributed by atoms with van der Waals surface area (Å²) in [5.74, 6) is 0.0611. The number of carbonyl (C=O) groups is 1. The quantitative estimate of drug-likeness (QED) is 0.179. The lowest BCUT2D eigenvalue weighted by molar-refractivity contribution is 0.0600. The molecule has 10 heteroatoms. The van der Waals surface area contributed by atoms with Crippen LogP contribution in [-0.2, 0) is 14.8 Å². The summed E-state index contributed by atoms with van der Waals surface area (Å²) in [4.78, 5) is 11.7. The molecule has 0 amide bonds. The van der Waals surface area contributed by atoms with Crippen molar-refractivity contribution in [1.82, 2.24) is 5.32 Å². The molecule has 0 aliphatic carbocycles. The van der Waals surface area contributed by atoms with Gasteiger partial charge in [-0.3, -0.25) is 4.72 Å². The first-order valence-corrected chi connectivity index (χ1v) is 12.7. The summed E-state index contributed by atoms with van der Waals surface area (Å²) in [7, 11) is -2.21. The summed E-state index contributed by atoms with van der Waals surface area (Å²) < 4.78 is 35.5. The molecule has 3 aromatic carbocycles. The topological polar surface area (TPSA) is 134 Å². The molecule has 0 radical (unpaired) electrons. The van der Waals surface area contributed by atoms with Gasteiger partial charge in [-0.15, -0.1) is 0 Å².